The minimum atomic E-state index is -2.39. The minimum Gasteiger partial charge on any atom is -0.312 e. The lowest BCUT2D eigenvalue weighted by atomic mass is 10.1. The summed E-state index contributed by atoms with van der Waals surface area (Å²) in [6, 6.07) is 14.8. The molecule has 0 bridgehead atoms. The standard InChI is InChI=1S/C17H19F2N/c1-13-4-2-3-5-16(13)12-20-11-10-14-6-8-15(9-7-14)17(18)19/h2-9,17,20H,10-12H2,1H3. The number of rotatable bonds is 6. The quantitative estimate of drug-likeness (QED) is 0.776. The van der Waals surface area contributed by atoms with E-state index < -0.39 is 6.43 Å². The summed E-state index contributed by atoms with van der Waals surface area (Å²) in [6.45, 7) is 3.77. The molecule has 0 spiro atoms. The highest BCUT2D eigenvalue weighted by atomic mass is 19.3. The van der Waals surface area contributed by atoms with Crippen LogP contribution in [-0.2, 0) is 13.0 Å². The number of hydrogen-bond acceptors (Lipinski definition) is 1. The van der Waals surface area contributed by atoms with E-state index in [1.807, 2.05) is 12.1 Å². The first-order valence-electron chi connectivity index (χ1n) is 6.79. The SMILES string of the molecule is Cc1ccccc1CNCCc1ccc(C(F)F)cc1. The van der Waals surface area contributed by atoms with Crippen molar-refractivity contribution in [3.05, 3.63) is 70.8 Å². The monoisotopic (exact) mass is 275 g/mol. The van der Waals surface area contributed by atoms with Crippen molar-refractivity contribution in [3.63, 3.8) is 0 Å². The summed E-state index contributed by atoms with van der Waals surface area (Å²) >= 11 is 0. The Kier molecular flexibility index (Phi) is 5.24. The zero-order valence-electron chi connectivity index (χ0n) is 11.6. The van der Waals surface area contributed by atoms with Gasteiger partial charge in [0, 0.05) is 12.1 Å². The second-order valence-corrected chi connectivity index (χ2v) is 4.90. The molecule has 2 aromatic carbocycles. The van der Waals surface area contributed by atoms with E-state index >= 15 is 0 Å². The van der Waals surface area contributed by atoms with Gasteiger partial charge in [0.25, 0.3) is 6.43 Å². The number of nitrogens with one attached hydrogen (secondary N) is 1. The summed E-state index contributed by atoms with van der Waals surface area (Å²) in [5.74, 6) is 0. The maximum atomic E-state index is 12.4. The van der Waals surface area contributed by atoms with Gasteiger partial charge in [-0.25, -0.2) is 8.78 Å². The number of hydrogen-bond donors (Lipinski definition) is 1. The molecule has 106 valence electrons. The molecular weight excluding hydrogens is 256 g/mol. The van der Waals surface area contributed by atoms with E-state index in [4.69, 9.17) is 0 Å². The topological polar surface area (TPSA) is 12.0 Å². The first kappa shape index (κ1) is 14.7. The largest absolute Gasteiger partial charge is 0.312 e. The van der Waals surface area contributed by atoms with Crippen molar-refractivity contribution in [2.24, 2.45) is 0 Å². The van der Waals surface area contributed by atoms with Gasteiger partial charge in [-0.1, -0.05) is 48.5 Å². The molecule has 0 aromatic heterocycles. The normalized spacial score (nSPS) is 11.0. The van der Waals surface area contributed by atoms with Crippen LogP contribution in [0.4, 0.5) is 8.78 Å². The summed E-state index contributed by atoms with van der Waals surface area (Å²) in [7, 11) is 0. The van der Waals surface area contributed by atoms with Crippen LogP contribution in [0.25, 0.3) is 0 Å². The molecule has 0 heterocycles. The zero-order valence-corrected chi connectivity index (χ0v) is 11.6. The van der Waals surface area contributed by atoms with Crippen LogP contribution in [-0.4, -0.2) is 6.54 Å². The molecule has 2 aromatic rings. The van der Waals surface area contributed by atoms with Crippen molar-refractivity contribution < 1.29 is 8.78 Å². The van der Waals surface area contributed by atoms with Gasteiger partial charge in [-0.2, -0.15) is 0 Å². The molecule has 0 fully saturated rings. The highest BCUT2D eigenvalue weighted by Crippen LogP contribution is 2.18. The van der Waals surface area contributed by atoms with Gasteiger partial charge in [0.15, 0.2) is 0 Å². The molecule has 20 heavy (non-hydrogen) atoms. The van der Waals surface area contributed by atoms with Gasteiger partial charge in [-0.3, -0.25) is 0 Å². The van der Waals surface area contributed by atoms with Crippen molar-refractivity contribution in [2.45, 2.75) is 26.3 Å². The smallest absolute Gasteiger partial charge is 0.263 e. The molecule has 2 rings (SSSR count). The Morgan fingerprint density at radius 2 is 1.70 bits per heavy atom. The third-order valence-corrected chi connectivity index (χ3v) is 3.40. The van der Waals surface area contributed by atoms with Crippen LogP contribution in [0.5, 0.6) is 0 Å². The highest BCUT2D eigenvalue weighted by Gasteiger charge is 2.05. The van der Waals surface area contributed by atoms with E-state index in [0.717, 1.165) is 25.1 Å². The van der Waals surface area contributed by atoms with E-state index in [2.05, 4.69) is 24.4 Å². The van der Waals surface area contributed by atoms with Crippen molar-refractivity contribution in [1.82, 2.24) is 5.32 Å². The summed E-state index contributed by atoms with van der Waals surface area (Å²) in [6.07, 6.45) is -1.54. The maximum Gasteiger partial charge on any atom is 0.263 e. The fourth-order valence-corrected chi connectivity index (χ4v) is 2.09. The van der Waals surface area contributed by atoms with Crippen LogP contribution >= 0.6 is 0 Å². The molecule has 1 N–H and O–H groups in total. The Bertz CT molecular complexity index is 535. The number of aryl methyl sites for hydroxylation is 1. The summed E-state index contributed by atoms with van der Waals surface area (Å²) in [5.41, 5.74) is 3.73. The molecule has 0 amide bonds. The molecule has 0 saturated heterocycles. The average Bonchev–Trinajstić information content (AvgIpc) is 2.46. The molecule has 0 atom stereocenters. The van der Waals surface area contributed by atoms with E-state index in [0.29, 0.717) is 0 Å². The van der Waals surface area contributed by atoms with Crippen molar-refractivity contribution in [2.75, 3.05) is 6.54 Å². The third-order valence-electron chi connectivity index (χ3n) is 3.40. The minimum absolute atomic E-state index is 0.0848. The fraction of sp³-hybridized carbons (Fsp3) is 0.294. The predicted molar refractivity (Wildman–Crippen MR) is 78.0 cm³/mol. The lowest BCUT2D eigenvalue weighted by molar-refractivity contribution is 0.151. The second kappa shape index (κ2) is 7.15. The fourth-order valence-electron chi connectivity index (χ4n) is 2.09. The van der Waals surface area contributed by atoms with Crippen LogP contribution in [0, 0.1) is 6.92 Å². The molecule has 0 aliphatic carbocycles. The molecule has 0 radical (unpaired) electrons. The van der Waals surface area contributed by atoms with Gasteiger partial charge in [0.05, 0.1) is 0 Å². The molecule has 0 saturated carbocycles. The Hall–Kier alpha value is -1.74. The molecule has 0 aliphatic heterocycles. The van der Waals surface area contributed by atoms with Gasteiger partial charge in [0.1, 0.15) is 0 Å². The van der Waals surface area contributed by atoms with Gasteiger partial charge in [-0.15, -0.1) is 0 Å². The Balaban J connectivity index is 1.77. The number of halogens is 2. The average molecular weight is 275 g/mol. The lowest BCUT2D eigenvalue weighted by Crippen LogP contribution is -2.17. The van der Waals surface area contributed by atoms with E-state index in [1.54, 1.807) is 12.1 Å². The first-order chi connectivity index (χ1) is 9.66. The first-order valence-corrected chi connectivity index (χ1v) is 6.79. The van der Waals surface area contributed by atoms with Crippen molar-refractivity contribution in [1.29, 1.82) is 0 Å². The van der Waals surface area contributed by atoms with E-state index in [1.165, 1.54) is 23.3 Å². The number of alkyl halides is 2. The van der Waals surface area contributed by atoms with Crippen LogP contribution in [0.15, 0.2) is 48.5 Å². The molecule has 0 unspecified atom stereocenters. The van der Waals surface area contributed by atoms with E-state index in [9.17, 15) is 8.78 Å². The predicted octanol–water partition coefficient (Wildman–Crippen LogP) is 4.26. The van der Waals surface area contributed by atoms with Gasteiger partial charge in [0.2, 0.25) is 0 Å². The summed E-state index contributed by atoms with van der Waals surface area (Å²) in [5, 5.41) is 3.38. The van der Waals surface area contributed by atoms with Gasteiger partial charge in [-0.05, 0) is 36.6 Å². The zero-order chi connectivity index (χ0) is 14.4. The molecule has 1 nitrogen and oxygen atoms in total. The maximum absolute atomic E-state index is 12.4. The molecule has 3 heteroatoms. The van der Waals surface area contributed by atoms with Crippen molar-refractivity contribution >= 4 is 0 Å². The Morgan fingerprint density at radius 3 is 2.35 bits per heavy atom. The van der Waals surface area contributed by atoms with Crippen LogP contribution in [0.3, 0.4) is 0 Å². The Morgan fingerprint density at radius 1 is 1.00 bits per heavy atom. The van der Waals surface area contributed by atoms with Crippen LogP contribution < -0.4 is 5.32 Å². The summed E-state index contributed by atoms with van der Waals surface area (Å²) < 4.78 is 24.8. The molecule has 0 aliphatic rings. The third kappa shape index (κ3) is 4.14. The number of benzene rings is 2. The second-order valence-electron chi connectivity index (χ2n) is 4.90. The van der Waals surface area contributed by atoms with Gasteiger partial charge < -0.3 is 5.32 Å². The van der Waals surface area contributed by atoms with Crippen molar-refractivity contribution in [3.8, 4) is 0 Å². The lowest BCUT2D eigenvalue weighted by Gasteiger charge is -2.08. The highest BCUT2D eigenvalue weighted by molar-refractivity contribution is 5.25. The van der Waals surface area contributed by atoms with E-state index in [-0.39, 0.29) is 5.56 Å². The molecular formula is C17H19F2N. The van der Waals surface area contributed by atoms with Gasteiger partial charge >= 0.3 is 0 Å². The van der Waals surface area contributed by atoms with Crippen LogP contribution in [0.1, 0.15) is 28.7 Å². The Labute approximate surface area is 118 Å². The van der Waals surface area contributed by atoms with Crippen LogP contribution in [0.2, 0.25) is 0 Å². The summed E-state index contributed by atoms with van der Waals surface area (Å²) in [4.78, 5) is 0.